The summed E-state index contributed by atoms with van der Waals surface area (Å²) in [5.41, 5.74) is 1.45. The molecule has 6 nitrogen and oxygen atoms in total. The smallest absolute Gasteiger partial charge is 0.329 e. The molecule has 1 saturated carbocycles. The van der Waals surface area contributed by atoms with Crippen LogP contribution in [0.4, 0.5) is 0 Å². The minimum atomic E-state index is -0.163. The van der Waals surface area contributed by atoms with E-state index in [-0.39, 0.29) is 30.1 Å². The predicted molar refractivity (Wildman–Crippen MR) is 85.2 cm³/mol. The van der Waals surface area contributed by atoms with Crippen LogP contribution >= 0.6 is 0 Å². The van der Waals surface area contributed by atoms with Crippen molar-refractivity contribution in [3.8, 4) is 0 Å². The van der Waals surface area contributed by atoms with Crippen molar-refractivity contribution in [3.05, 3.63) is 34.7 Å². The summed E-state index contributed by atoms with van der Waals surface area (Å²) in [7, 11) is 0. The van der Waals surface area contributed by atoms with Crippen LogP contribution in [0.2, 0.25) is 0 Å². The number of nitrogens with zero attached hydrogens (tertiary/aromatic N) is 3. The quantitative estimate of drug-likeness (QED) is 0.796. The van der Waals surface area contributed by atoms with Crippen LogP contribution < -0.4 is 5.69 Å². The van der Waals surface area contributed by atoms with Crippen molar-refractivity contribution >= 4 is 23.2 Å². The Bertz CT molecular complexity index is 831. The van der Waals surface area contributed by atoms with Gasteiger partial charge in [-0.2, -0.15) is 0 Å². The van der Waals surface area contributed by atoms with E-state index in [0.717, 1.165) is 36.6 Å². The highest BCUT2D eigenvalue weighted by molar-refractivity contribution is 5.81. The van der Waals surface area contributed by atoms with Gasteiger partial charge in [0.1, 0.15) is 6.29 Å². The number of hydrogen-bond donors (Lipinski definition) is 0. The molecule has 2 fully saturated rings. The first-order chi connectivity index (χ1) is 11.2. The number of imidazole rings is 1. The molecular formula is C17H19N3O3. The van der Waals surface area contributed by atoms with E-state index in [1.54, 1.807) is 4.57 Å². The number of hydrogen-bond acceptors (Lipinski definition) is 3. The second-order valence-corrected chi connectivity index (χ2v) is 6.42. The molecule has 2 aromatic rings. The van der Waals surface area contributed by atoms with Crippen LogP contribution in [0.25, 0.3) is 11.0 Å². The predicted octanol–water partition coefficient (Wildman–Crippen LogP) is 1.19. The number of aldehydes is 1. The zero-order valence-electron chi connectivity index (χ0n) is 12.9. The molecule has 1 aliphatic carbocycles. The molecule has 0 radical (unpaired) electrons. The number of rotatable bonds is 4. The van der Waals surface area contributed by atoms with Crippen molar-refractivity contribution in [2.45, 2.75) is 31.8 Å². The van der Waals surface area contributed by atoms with Gasteiger partial charge >= 0.3 is 5.69 Å². The lowest BCUT2D eigenvalue weighted by molar-refractivity contribution is -0.131. The van der Waals surface area contributed by atoms with Crippen molar-refractivity contribution in [1.82, 2.24) is 14.0 Å². The molecule has 0 spiro atoms. The average molecular weight is 313 g/mol. The minimum Gasteiger partial charge on any atom is -0.340 e. The largest absolute Gasteiger partial charge is 0.340 e. The van der Waals surface area contributed by atoms with Crippen LogP contribution in [0.3, 0.4) is 0 Å². The number of carbonyl (C=O) groups excluding carboxylic acids is 2. The van der Waals surface area contributed by atoms with Crippen LogP contribution in [0.15, 0.2) is 29.1 Å². The zero-order valence-corrected chi connectivity index (χ0v) is 12.9. The van der Waals surface area contributed by atoms with E-state index in [1.807, 2.05) is 29.2 Å². The lowest BCUT2D eigenvalue weighted by Crippen LogP contribution is -2.33. The van der Waals surface area contributed by atoms with Gasteiger partial charge in [-0.15, -0.1) is 0 Å². The van der Waals surface area contributed by atoms with Crippen molar-refractivity contribution < 1.29 is 9.59 Å². The lowest BCUT2D eigenvalue weighted by atomic mass is 10.2. The Morgan fingerprint density at radius 1 is 1.17 bits per heavy atom. The molecule has 4 rings (SSSR count). The molecule has 0 bridgehead atoms. The number of amides is 1. The second kappa shape index (κ2) is 5.37. The number of benzene rings is 1. The monoisotopic (exact) mass is 313 g/mol. The van der Waals surface area contributed by atoms with E-state index in [0.29, 0.717) is 13.1 Å². The number of aromatic nitrogens is 2. The molecule has 6 heteroatoms. The fourth-order valence-corrected chi connectivity index (χ4v) is 3.58. The SMILES string of the molecule is O=CCn1c(=O)n(C2CCN(C(=O)C3CC3)C2)c2ccccc21. The standard InChI is InChI=1S/C17H19N3O3/c21-10-9-19-14-3-1-2-4-15(14)20(17(19)23)13-7-8-18(11-13)16(22)12-5-6-12/h1-4,10,12-13H,5-9,11H2. The molecule has 1 atom stereocenters. The second-order valence-electron chi connectivity index (χ2n) is 6.42. The third kappa shape index (κ3) is 2.29. The molecule has 2 heterocycles. The Morgan fingerprint density at radius 2 is 1.91 bits per heavy atom. The summed E-state index contributed by atoms with van der Waals surface area (Å²) in [6, 6.07) is 7.52. The van der Waals surface area contributed by atoms with E-state index in [4.69, 9.17) is 0 Å². The summed E-state index contributed by atoms with van der Waals surface area (Å²) in [4.78, 5) is 37.8. The first-order valence-electron chi connectivity index (χ1n) is 8.13. The summed E-state index contributed by atoms with van der Waals surface area (Å²) in [5, 5.41) is 0. The summed E-state index contributed by atoms with van der Waals surface area (Å²) in [6.45, 7) is 1.35. The fraction of sp³-hybridized carbons (Fsp3) is 0.471. The summed E-state index contributed by atoms with van der Waals surface area (Å²) in [5.74, 6) is 0.444. The first-order valence-corrected chi connectivity index (χ1v) is 8.13. The van der Waals surface area contributed by atoms with Crippen LogP contribution in [0, 0.1) is 5.92 Å². The van der Waals surface area contributed by atoms with E-state index < -0.39 is 0 Å². The normalized spacial score (nSPS) is 21.0. The third-order valence-corrected chi connectivity index (χ3v) is 4.89. The van der Waals surface area contributed by atoms with Gasteiger partial charge in [-0.3, -0.25) is 13.9 Å². The Kier molecular flexibility index (Phi) is 3.32. The zero-order chi connectivity index (χ0) is 16.0. The molecular weight excluding hydrogens is 294 g/mol. The molecule has 1 aromatic heterocycles. The van der Waals surface area contributed by atoms with E-state index >= 15 is 0 Å². The van der Waals surface area contributed by atoms with Crippen molar-refractivity contribution in [2.75, 3.05) is 13.1 Å². The van der Waals surface area contributed by atoms with Gasteiger partial charge in [-0.05, 0) is 31.4 Å². The van der Waals surface area contributed by atoms with Gasteiger partial charge in [0.25, 0.3) is 0 Å². The fourth-order valence-electron chi connectivity index (χ4n) is 3.58. The van der Waals surface area contributed by atoms with E-state index in [9.17, 15) is 14.4 Å². The highest BCUT2D eigenvalue weighted by Gasteiger charge is 2.37. The van der Waals surface area contributed by atoms with E-state index in [1.165, 1.54) is 4.57 Å². The van der Waals surface area contributed by atoms with Crippen LogP contribution in [-0.2, 0) is 16.1 Å². The van der Waals surface area contributed by atoms with Crippen LogP contribution in [0.1, 0.15) is 25.3 Å². The van der Waals surface area contributed by atoms with Crippen molar-refractivity contribution in [2.24, 2.45) is 5.92 Å². The Hall–Kier alpha value is -2.37. The minimum absolute atomic E-state index is 0.0111. The maximum Gasteiger partial charge on any atom is 0.329 e. The number of fused-ring (bicyclic) bond motifs is 1. The average Bonchev–Trinajstić information content (AvgIpc) is 3.24. The molecule has 120 valence electrons. The van der Waals surface area contributed by atoms with Gasteiger partial charge < -0.3 is 9.69 Å². The maximum atomic E-state index is 12.8. The molecule has 1 unspecified atom stereocenters. The van der Waals surface area contributed by atoms with Crippen LogP contribution in [-0.4, -0.2) is 39.3 Å². The Morgan fingerprint density at radius 3 is 2.61 bits per heavy atom. The molecule has 2 aliphatic rings. The Balaban J connectivity index is 1.71. The molecule has 1 saturated heterocycles. The number of para-hydroxylation sites is 2. The third-order valence-electron chi connectivity index (χ3n) is 4.89. The Labute approximate surface area is 133 Å². The highest BCUT2D eigenvalue weighted by atomic mass is 16.2. The summed E-state index contributed by atoms with van der Waals surface area (Å²) >= 11 is 0. The number of carbonyl (C=O) groups is 2. The molecule has 1 aromatic carbocycles. The highest BCUT2D eigenvalue weighted by Crippen LogP contribution is 2.34. The van der Waals surface area contributed by atoms with Gasteiger partial charge in [0.2, 0.25) is 5.91 Å². The van der Waals surface area contributed by atoms with Crippen LogP contribution in [0.5, 0.6) is 0 Å². The van der Waals surface area contributed by atoms with Gasteiger partial charge in [-0.1, -0.05) is 12.1 Å². The summed E-state index contributed by atoms with van der Waals surface area (Å²) in [6.07, 6.45) is 3.53. The van der Waals surface area contributed by atoms with E-state index in [2.05, 4.69) is 0 Å². The topological polar surface area (TPSA) is 64.3 Å². The van der Waals surface area contributed by atoms with Crippen molar-refractivity contribution in [1.29, 1.82) is 0 Å². The van der Waals surface area contributed by atoms with Crippen molar-refractivity contribution in [3.63, 3.8) is 0 Å². The maximum absolute atomic E-state index is 12.8. The molecule has 23 heavy (non-hydrogen) atoms. The summed E-state index contributed by atoms with van der Waals surface area (Å²) < 4.78 is 3.27. The number of likely N-dealkylation sites (tertiary alicyclic amines) is 1. The van der Waals surface area contributed by atoms with Gasteiger partial charge in [0.15, 0.2) is 0 Å². The van der Waals surface area contributed by atoms with Gasteiger partial charge in [-0.25, -0.2) is 4.79 Å². The lowest BCUT2D eigenvalue weighted by Gasteiger charge is -2.16. The molecule has 1 amide bonds. The molecule has 1 aliphatic heterocycles. The first kappa shape index (κ1) is 14.2. The van der Waals surface area contributed by atoms with Gasteiger partial charge in [0.05, 0.1) is 23.6 Å². The van der Waals surface area contributed by atoms with Gasteiger partial charge in [0, 0.05) is 19.0 Å². The molecule has 0 N–H and O–H groups in total.